The lowest BCUT2D eigenvalue weighted by Gasteiger charge is -2.23. The van der Waals surface area contributed by atoms with E-state index in [0.717, 1.165) is 11.8 Å². The zero-order chi connectivity index (χ0) is 20.0. The average molecular weight is 392 g/mol. The highest BCUT2D eigenvalue weighted by atomic mass is 32.2. The van der Waals surface area contributed by atoms with Crippen LogP contribution in [0.4, 0.5) is 11.4 Å². The van der Waals surface area contributed by atoms with Crippen LogP contribution in [0.15, 0.2) is 42.5 Å². The molecule has 2 aromatic carbocycles. The van der Waals surface area contributed by atoms with Crippen molar-refractivity contribution < 1.29 is 22.7 Å². The van der Waals surface area contributed by atoms with Gasteiger partial charge in [0.25, 0.3) is 0 Å². The monoisotopic (exact) mass is 392 g/mol. The summed E-state index contributed by atoms with van der Waals surface area (Å²) in [7, 11) is -0.606. The molecular weight excluding hydrogens is 368 g/mol. The van der Waals surface area contributed by atoms with Gasteiger partial charge in [0.05, 0.1) is 26.2 Å². The molecule has 0 aliphatic carbocycles. The lowest BCUT2D eigenvalue weighted by Crippen LogP contribution is -2.33. The number of amides is 1. The first-order valence-electron chi connectivity index (χ1n) is 8.31. The Bertz CT molecular complexity index is 912. The number of nitrogens with one attached hydrogen (secondary N) is 1. The van der Waals surface area contributed by atoms with E-state index >= 15 is 0 Å². The van der Waals surface area contributed by atoms with E-state index in [-0.39, 0.29) is 18.9 Å². The molecule has 0 aliphatic rings. The van der Waals surface area contributed by atoms with Gasteiger partial charge in [-0.15, -0.1) is 0 Å². The second kappa shape index (κ2) is 8.77. The fraction of sp³-hybridized carbons (Fsp3) is 0.316. The topological polar surface area (TPSA) is 84.9 Å². The van der Waals surface area contributed by atoms with Crippen LogP contribution in [0.2, 0.25) is 0 Å². The quantitative estimate of drug-likeness (QED) is 0.747. The number of carbonyl (C=O) groups is 1. The van der Waals surface area contributed by atoms with Crippen LogP contribution < -0.4 is 19.1 Å². The minimum absolute atomic E-state index is 0.00598. The van der Waals surface area contributed by atoms with Crippen LogP contribution in [-0.2, 0) is 14.8 Å². The van der Waals surface area contributed by atoms with Crippen molar-refractivity contribution in [1.82, 2.24) is 0 Å². The number of hydrogen-bond acceptors (Lipinski definition) is 5. The summed E-state index contributed by atoms with van der Waals surface area (Å²) in [6, 6.07) is 12.2. The second-order valence-corrected chi connectivity index (χ2v) is 7.89. The Balaban J connectivity index is 2.16. The molecule has 0 bridgehead atoms. The first kappa shape index (κ1) is 20.6. The molecule has 0 aromatic heterocycles. The van der Waals surface area contributed by atoms with Gasteiger partial charge in [-0.05, 0) is 30.7 Å². The molecule has 2 aromatic rings. The van der Waals surface area contributed by atoms with Crippen molar-refractivity contribution in [3.8, 4) is 11.5 Å². The first-order valence-corrected chi connectivity index (χ1v) is 10.2. The van der Waals surface area contributed by atoms with Gasteiger partial charge in [-0.1, -0.05) is 18.2 Å². The molecule has 0 unspecified atom stereocenters. The lowest BCUT2D eigenvalue weighted by molar-refractivity contribution is -0.116. The van der Waals surface area contributed by atoms with Crippen molar-refractivity contribution in [2.75, 3.05) is 36.6 Å². The minimum Gasteiger partial charge on any atom is -0.493 e. The van der Waals surface area contributed by atoms with Gasteiger partial charge in [-0.3, -0.25) is 9.10 Å². The number of rotatable bonds is 8. The maximum atomic E-state index is 12.3. The van der Waals surface area contributed by atoms with Gasteiger partial charge in [-0.2, -0.15) is 0 Å². The van der Waals surface area contributed by atoms with Crippen LogP contribution in [0, 0.1) is 6.92 Å². The Morgan fingerprint density at radius 2 is 1.74 bits per heavy atom. The van der Waals surface area contributed by atoms with Crippen LogP contribution in [0.25, 0.3) is 0 Å². The summed E-state index contributed by atoms with van der Waals surface area (Å²) in [5.41, 5.74) is 2.05. The molecule has 0 atom stereocenters. The maximum absolute atomic E-state index is 12.3. The van der Waals surface area contributed by atoms with Gasteiger partial charge >= 0.3 is 0 Å². The van der Waals surface area contributed by atoms with E-state index in [1.807, 2.05) is 25.1 Å². The van der Waals surface area contributed by atoms with Crippen molar-refractivity contribution in [3.63, 3.8) is 0 Å². The molecule has 146 valence electrons. The number of aryl methyl sites for hydroxylation is 1. The lowest BCUT2D eigenvalue weighted by atomic mass is 10.2. The van der Waals surface area contributed by atoms with E-state index in [4.69, 9.17) is 9.47 Å². The predicted molar refractivity (Wildman–Crippen MR) is 106 cm³/mol. The summed E-state index contributed by atoms with van der Waals surface area (Å²) < 4.78 is 36.0. The number of carbonyl (C=O) groups excluding carboxylic acids is 1. The number of methoxy groups -OCH3 is 2. The molecule has 2 rings (SSSR count). The molecule has 0 fully saturated rings. The fourth-order valence-electron chi connectivity index (χ4n) is 2.60. The second-order valence-electron chi connectivity index (χ2n) is 5.99. The normalized spacial score (nSPS) is 11.0. The van der Waals surface area contributed by atoms with Crippen LogP contribution in [0.1, 0.15) is 12.0 Å². The van der Waals surface area contributed by atoms with Crippen LogP contribution in [0.5, 0.6) is 11.5 Å². The first-order chi connectivity index (χ1) is 12.8. The summed E-state index contributed by atoms with van der Waals surface area (Å²) in [6.07, 6.45) is 1.11. The van der Waals surface area contributed by atoms with Crippen molar-refractivity contribution >= 4 is 27.3 Å². The van der Waals surface area contributed by atoms with E-state index in [1.165, 1.54) is 18.5 Å². The minimum atomic E-state index is -3.58. The Morgan fingerprint density at radius 1 is 1.07 bits per heavy atom. The average Bonchev–Trinajstić information content (AvgIpc) is 2.62. The number of hydrogen-bond donors (Lipinski definition) is 1. The van der Waals surface area contributed by atoms with E-state index in [9.17, 15) is 13.2 Å². The highest BCUT2D eigenvalue weighted by Crippen LogP contribution is 2.32. The third kappa shape index (κ3) is 5.37. The number of sulfonamides is 1. The highest BCUT2D eigenvalue weighted by molar-refractivity contribution is 7.92. The van der Waals surface area contributed by atoms with Crippen LogP contribution in [-0.4, -0.2) is 41.3 Å². The van der Waals surface area contributed by atoms with E-state index < -0.39 is 10.0 Å². The van der Waals surface area contributed by atoms with Gasteiger partial charge in [0.2, 0.25) is 15.9 Å². The number of nitrogens with zero attached hydrogens (tertiary/aromatic N) is 1. The standard InChI is InChI=1S/C19H24N2O5S/c1-14-7-5-6-8-16(14)20-19(22)11-12-21(27(4,23)24)15-9-10-17(25-2)18(13-15)26-3/h5-10,13H,11-12H2,1-4H3,(H,20,22). The number of para-hydroxylation sites is 1. The molecule has 7 nitrogen and oxygen atoms in total. The summed E-state index contributed by atoms with van der Waals surface area (Å²) >= 11 is 0. The highest BCUT2D eigenvalue weighted by Gasteiger charge is 2.20. The number of benzene rings is 2. The SMILES string of the molecule is COc1ccc(N(CCC(=O)Nc2ccccc2C)S(C)(=O)=O)cc1OC. The molecule has 0 spiro atoms. The molecular formula is C19H24N2O5S. The third-order valence-corrected chi connectivity index (χ3v) is 5.21. The molecule has 1 N–H and O–H groups in total. The molecule has 0 saturated heterocycles. The van der Waals surface area contributed by atoms with Crippen molar-refractivity contribution in [2.24, 2.45) is 0 Å². The molecule has 0 saturated carbocycles. The van der Waals surface area contributed by atoms with Crippen molar-refractivity contribution in [1.29, 1.82) is 0 Å². The fourth-order valence-corrected chi connectivity index (χ4v) is 3.51. The predicted octanol–water partition coefficient (Wildman–Crippen LogP) is 2.81. The summed E-state index contributed by atoms with van der Waals surface area (Å²) in [5.74, 6) is 0.637. The summed E-state index contributed by atoms with van der Waals surface area (Å²) in [6.45, 7) is 1.90. The number of anilines is 2. The Morgan fingerprint density at radius 3 is 2.33 bits per heavy atom. The molecule has 1 amide bonds. The van der Waals surface area contributed by atoms with Gasteiger partial charge in [0, 0.05) is 24.7 Å². The summed E-state index contributed by atoms with van der Waals surface area (Å²) in [4.78, 5) is 12.3. The van der Waals surface area contributed by atoms with E-state index in [0.29, 0.717) is 22.9 Å². The zero-order valence-electron chi connectivity index (χ0n) is 15.9. The molecule has 0 heterocycles. The van der Waals surface area contributed by atoms with Gasteiger partial charge in [-0.25, -0.2) is 8.42 Å². The molecule has 27 heavy (non-hydrogen) atoms. The zero-order valence-corrected chi connectivity index (χ0v) is 16.7. The van der Waals surface area contributed by atoms with Gasteiger partial charge in [0.15, 0.2) is 11.5 Å². The van der Waals surface area contributed by atoms with Gasteiger partial charge < -0.3 is 14.8 Å². The van der Waals surface area contributed by atoms with Crippen LogP contribution in [0.3, 0.4) is 0 Å². The van der Waals surface area contributed by atoms with E-state index in [1.54, 1.807) is 24.3 Å². The van der Waals surface area contributed by atoms with Crippen LogP contribution >= 0.6 is 0 Å². The van der Waals surface area contributed by atoms with Crippen molar-refractivity contribution in [3.05, 3.63) is 48.0 Å². The third-order valence-electron chi connectivity index (χ3n) is 4.02. The molecule has 8 heteroatoms. The smallest absolute Gasteiger partial charge is 0.232 e. The van der Waals surface area contributed by atoms with E-state index in [2.05, 4.69) is 5.32 Å². The van der Waals surface area contributed by atoms with Crippen molar-refractivity contribution in [2.45, 2.75) is 13.3 Å². The summed E-state index contributed by atoms with van der Waals surface area (Å²) in [5, 5.41) is 2.80. The maximum Gasteiger partial charge on any atom is 0.232 e. The molecule has 0 radical (unpaired) electrons. The number of ether oxygens (including phenoxy) is 2. The Hall–Kier alpha value is -2.74. The Labute approximate surface area is 160 Å². The molecule has 0 aliphatic heterocycles. The van der Waals surface area contributed by atoms with Gasteiger partial charge in [0.1, 0.15) is 0 Å². The Kier molecular flexibility index (Phi) is 6.68. The largest absolute Gasteiger partial charge is 0.493 e.